The van der Waals surface area contributed by atoms with Gasteiger partial charge in [-0.1, -0.05) is 42.5 Å². The van der Waals surface area contributed by atoms with E-state index in [9.17, 15) is 8.42 Å². The summed E-state index contributed by atoms with van der Waals surface area (Å²) in [6.45, 7) is 4.47. The van der Waals surface area contributed by atoms with Crippen LogP contribution in [0.25, 0.3) is 10.8 Å². The molecule has 2 aromatic carbocycles. The SMILES string of the molecule is CC(c1cccc2ccccc12)N1CCN(S(N)(=O)=O)CC1. The Labute approximate surface area is 131 Å². The molecule has 5 nitrogen and oxygen atoms in total. The zero-order valence-corrected chi connectivity index (χ0v) is 13.5. The number of nitrogens with zero attached hydrogens (tertiary/aromatic N) is 2. The average Bonchev–Trinajstić information content (AvgIpc) is 2.53. The van der Waals surface area contributed by atoms with E-state index in [1.165, 1.54) is 20.6 Å². The first-order chi connectivity index (χ1) is 10.5. The van der Waals surface area contributed by atoms with Crippen LogP contribution in [0.1, 0.15) is 18.5 Å². The summed E-state index contributed by atoms with van der Waals surface area (Å²) in [5, 5.41) is 7.68. The van der Waals surface area contributed by atoms with Crippen molar-refractivity contribution in [1.29, 1.82) is 0 Å². The minimum absolute atomic E-state index is 0.244. The van der Waals surface area contributed by atoms with Gasteiger partial charge in [-0.2, -0.15) is 12.7 Å². The minimum Gasteiger partial charge on any atom is -0.294 e. The summed E-state index contributed by atoms with van der Waals surface area (Å²) in [6.07, 6.45) is 0. The quantitative estimate of drug-likeness (QED) is 0.937. The van der Waals surface area contributed by atoms with Crippen LogP contribution < -0.4 is 5.14 Å². The van der Waals surface area contributed by atoms with E-state index in [1.54, 1.807) is 0 Å². The van der Waals surface area contributed by atoms with Crippen LogP contribution in [0.2, 0.25) is 0 Å². The first kappa shape index (κ1) is 15.4. The van der Waals surface area contributed by atoms with E-state index in [0.717, 1.165) is 0 Å². The van der Waals surface area contributed by atoms with Gasteiger partial charge in [-0.15, -0.1) is 0 Å². The third-order valence-corrected chi connectivity index (χ3v) is 5.54. The molecule has 0 bridgehead atoms. The lowest BCUT2D eigenvalue weighted by Gasteiger charge is -2.37. The maximum atomic E-state index is 11.4. The highest BCUT2D eigenvalue weighted by molar-refractivity contribution is 7.86. The second-order valence-electron chi connectivity index (χ2n) is 5.72. The second kappa shape index (κ2) is 5.96. The maximum Gasteiger partial charge on any atom is 0.276 e. The molecule has 1 saturated heterocycles. The van der Waals surface area contributed by atoms with Crippen molar-refractivity contribution in [3.05, 3.63) is 48.0 Å². The lowest BCUT2D eigenvalue weighted by atomic mass is 9.98. The van der Waals surface area contributed by atoms with Crippen molar-refractivity contribution in [1.82, 2.24) is 9.21 Å². The molecule has 2 aromatic rings. The number of fused-ring (bicyclic) bond motifs is 1. The number of nitrogens with two attached hydrogens (primary N) is 1. The molecule has 0 aromatic heterocycles. The van der Waals surface area contributed by atoms with Gasteiger partial charge in [-0.05, 0) is 23.3 Å². The zero-order valence-electron chi connectivity index (χ0n) is 12.6. The summed E-state index contributed by atoms with van der Waals surface area (Å²) in [4.78, 5) is 2.31. The van der Waals surface area contributed by atoms with Gasteiger partial charge in [0.25, 0.3) is 10.2 Å². The molecule has 1 atom stereocenters. The van der Waals surface area contributed by atoms with E-state index in [-0.39, 0.29) is 6.04 Å². The number of piperazine rings is 1. The monoisotopic (exact) mass is 319 g/mol. The molecule has 118 valence electrons. The molecule has 1 aliphatic rings. The minimum atomic E-state index is -3.57. The van der Waals surface area contributed by atoms with E-state index in [0.29, 0.717) is 26.2 Å². The molecule has 0 spiro atoms. The van der Waals surface area contributed by atoms with E-state index < -0.39 is 10.2 Å². The predicted molar refractivity (Wildman–Crippen MR) is 88.6 cm³/mol. The number of hydrogen-bond acceptors (Lipinski definition) is 3. The highest BCUT2D eigenvalue weighted by atomic mass is 32.2. The van der Waals surface area contributed by atoms with Gasteiger partial charge < -0.3 is 0 Å². The molecule has 0 amide bonds. The highest BCUT2D eigenvalue weighted by Gasteiger charge is 2.27. The third-order valence-electron chi connectivity index (χ3n) is 4.45. The largest absolute Gasteiger partial charge is 0.294 e. The Bertz CT molecular complexity index is 763. The average molecular weight is 319 g/mol. The van der Waals surface area contributed by atoms with Crippen molar-refractivity contribution in [3.63, 3.8) is 0 Å². The molecule has 1 fully saturated rings. The molecule has 3 rings (SSSR count). The standard InChI is InChI=1S/C16H21N3O2S/c1-13(18-9-11-19(12-10-18)22(17,20)21)15-8-4-6-14-5-2-3-7-16(14)15/h2-8,13H,9-12H2,1H3,(H2,17,20,21). The van der Waals surface area contributed by atoms with Crippen molar-refractivity contribution < 1.29 is 8.42 Å². The molecule has 6 heteroatoms. The Morgan fingerprint density at radius 1 is 1.00 bits per heavy atom. The normalized spacial score (nSPS) is 19.4. The van der Waals surface area contributed by atoms with Gasteiger partial charge in [0.15, 0.2) is 0 Å². The molecular weight excluding hydrogens is 298 g/mol. The smallest absolute Gasteiger partial charge is 0.276 e. The molecule has 0 radical (unpaired) electrons. The maximum absolute atomic E-state index is 11.4. The van der Waals surface area contributed by atoms with Gasteiger partial charge in [0, 0.05) is 32.2 Å². The van der Waals surface area contributed by atoms with Gasteiger partial charge in [0.05, 0.1) is 0 Å². The van der Waals surface area contributed by atoms with E-state index in [2.05, 4.69) is 48.2 Å². The number of benzene rings is 2. The summed E-state index contributed by atoms with van der Waals surface area (Å²) in [6, 6.07) is 14.9. The molecule has 22 heavy (non-hydrogen) atoms. The number of rotatable bonds is 3. The zero-order chi connectivity index (χ0) is 15.7. The topological polar surface area (TPSA) is 66.6 Å². The van der Waals surface area contributed by atoms with Crippen molar-refractivity contribution >= 4 is 21.0 Å². The first-order valence-electron chi connectivity index (χ1n) is 7.46. The lowest BCUT2D eigenvalue weighted by Crippen LogP contribution is -2.51. The third kappa shape index (κ3) is 3.01. The van der Waals surface area contributed by atoms with Crippen LogP contribution in [0, 0.1) is 0 Å². The van der Waals surface area contributed by atoms with Crippen LogP contribution in [0.3, 0.4) is 0 Å². The van der Waals surface area contributed by atoms with Gasteiger partial charge >= 0.3 is 0 Å². The highest BCUT2D eigenvalue weighted by Crippen LogP contribution is 2.28. The van der Waals surface area contributed by atoms with Crippen molar-refractivity contribution in [2.75, 3.05) is 26.2 Å². The van der Waals surface area contributed by atoms with E-state index >= 15 is 0 Å². The van der Waals surface area contributed by atoms with E-state index in [4.69, 9.17) is 5.14 Å². The Hall–Kier alpha value is -1.47. The molecule has 0 saturated carbocycles. The molecule has 0 aliphatic carbocycles. The summed E-state index contributed by atoms with van der Waals surface area (Å²) >= 11 is 0. The lowest BCUT2D eigenvalue weighted by molar-refractivity contribution is 0.146. The van der Waals surface area contributed by atoms with E-state index in [1.807, 2.05) is 6.07 Å². The van der Waals surface area contributed by atoms with Gasteiger partial charge in [0.1, 0.15) is 0 Å². The Morgan fingerprint density at radius 3 is 2.32 bits per heavy atom. The summed E-state index contributed by atoms with van der Waals surface area (Å²) in [5.74, 6) is 0. The van der Waals surface area contributed by atoms with Crippen LogP contribution in [-0.2, 0) is 10.2 Å². The fourth-order valence-electron chi connectivity index (χ4n) is 3.16. The first-order valence-corrected chi connectivity index (χ1v) is 8.97. The summed E-state index contributed by atoms with van der Waals surface area (Å²) in [7, 11) is -3.57. The summed E-state index contributed by atoms with van der Waals surface area (Å²) in [5.41, 5.74) is 1.28. The van der Waals surface area contributed by atoms with Crippen LogP contribution in [0.4, 0.5) is 0 Å². The van der Waals surface area contributed by atoms with Crippen molar-refractivity contribution in [2.45, 2.75) is 13.0 Å². The van der Waals surface area contributed by atoms with Gasteiger partial charge in [-0.25, -0.2) is 5.14 Å². The fourth-order valence-corrected chi connectivity index (χ4v) is 3.83. The van der Waals surface area contributed by atoms with Crippen LogP contribution >= 0.6 is 0 Å². The molecule has 1 unspecified atom stereocenters. The summed E-state index contributed by atoms with van der Waals surface area (Å²) < 4.78 is 24.1. The van der Waals surface area contributed by atoms with Crippen LogP contribution in [0.15, 0.2) is 42.5 Å². The predicted octanol–water partition coefficient (Wildman–Crippen LogP) is 1.72. The Balaban J connectivity index is 1.81. The van der Waals surface area contributed by atoms with Gasteiger partial charge in [-0.3, -0.25) is 4.90 Å². The van der Waals surface area contributed by atoms with Crippen molar-refractivity contribution in [3.8, 4) is 0 Å². The van der Waals surface area contributed by atoms with Crippen molar-refractivity contribution in [2.24, 2.45) is 5.14 Å². The Morgan fingerprint density at radius 2 is 1.64 bits per heavy atom. The molecule has 1 heterocycles. The number of hydrogen-bond donors (Lipinski definition) is 1. The Kier molecular flexibility index (Phi) is 4.18. The molecule has 2 N–H and O–H groups in total. The fraction of sp³-hybridized carbons (Fsp3) is 0.375. The van der Waals surface area contributed by atoms with Crippen LogP contribution in [-0.4, -0.2) is 43.8 Å². The van der Waals surface area contributed by atoms with Gasteiger partial charge in [0.2, 0.25) is 0 Å². The van der Waals surface area contributed by atoms with Crippen LogP contribution in [0.5, 0.6) is 0 Å². The molecule has 1 aliphatic heterocycles. The second-order valence-corrected chi connectivity index (χ2v) is 7.27. The molecular formula is C16H21N3O2S.